The summed E-state index contributed by atoms with van der Waals surface area (Å²) in [6.07, 6.45) is 1.61. The molecule has 0 saturated heterocycles. The minimum atomic E-state index is -0.288. The zero-order chi connectivity index (χ0) is 17.8. The molecule has 0 radical (unpaired) electrons. The first kappa shape index (κ1) is 16.9. The maximum atomic E-state index is 12.6. The number of nitrogens with one attached hydrogen (secondary N) is 2. The van der Waals surface area contributed by atoms with E-state index < -0.39 is 0 Å². The number of hydrogen-bond acceptors (Lipinski definition) is 4. The molecule has 1 heterocycles. The van der Waals surface area contributed by atoms with E-state index in [1.807, 2.05) is 31.2 Å². The molecule has 3 rings (SSSR count). The van der Waals surface area contributed by atoms with Crippen LogP contribution in [0, 0.1) is 6.92 Å². The highest BCUT2D eigenvalue weighted by molar-refractivity contribution is 7.13. The van der Waals surface area contributed by atoms with Crippen molar-refractivity contribution in [3.8, 4) is 0 Å². The van der Waals surface area contributed by atoms with E-state index in [2.05, 4.69) is 21.6 Å². The normalized spacial score (nSPS) is 10.4. The first-order chi connectivity index (χ1) is 12.1. The van der Waals surface area contributed by atoms with E-state index in [-0.39, 0.29) is 11.8 Å². The summed E-state index contributed by atoms with van der Waals surface area (Å²) in [6, 6.07) is 12.8. The molecule has 3 aromatic rings. The maximum Gasteiger partial charge on any atom is 0.276 e. The number of benzene rings is 2. The predicted octanol–water partition coefficient (Wildman–Crippen LogP) is 3.77. The third-order valence-corrected chi connectivity index (χ3v) is 4.57. The summed E-state index contributed by atoms with van der Waals surface area (Å²) in [5.74, 6) is -0.501. The highest BCUT2D eigenvalue weighted by atomic mass is 32.1. The van der Waals surface area contributed by atoms with Crippen LogP contribution < -0.4 is 10.6 Å². The third-order valence-electron chi connectivity index (χ3n) is 3.75. The summed E-state index contributed by atoms with van der Waals surface area (Å²) in [7, 11) is 0. The summed E-state index contributed by atoms with van der Waals surface area (Å²) in [4.78, 5) is 24.7. The van der Waals surface area contributed by atoms with Crippen LogP contribution >= 0.6 is 11.5 Å². The lowest BCUT2D eigenvalue weighted by atomic mass is 10.1. The van der Waals surface area contributed by atoms with Gasteiger partial charge in [0.15, 0.2) is 0 Å². The van der Waals surface area contributed by atoms with Crippen molar-refractivity contribution >= 4 is 39.1 Å². The van der Waals surface area contributed by atoms with Crippen LogP contribution in [0.2, 0.25) is 0 Å². The predicted molar refractivity (Wildman–Crippen MR) is 101 cm³/mol. The molecule has 2 amide bonds. The molecule has 0 atom stereocenters. The molecule has 0 aliphatic carbocycles. The van der Waals surface area contributed by atoms with Crippen molar-refractivity contribution in [3.05, 3.63) is 71.9 Å². The number of carbonyl (C=O) groups is 2. The standard InChI is InChI=1S/C19H17N3O2S/c1-3-10-20-18(23)13-9-8-12(2)15(11-13)21-19(24)17-14-6-4-5-7-16(14)25-22-17/h3-9,11H,1,10H2,2H3,(H,20,23)(H,21,24). The molecular weight excluding hydrogens is 334 g/mol. The second-order valence-electron chi connectivity index (χ2n) is 5.51. The number of carbonyl (C=O) groups excluding carboxylic acids is 2. The summed E-state index contributed by atoms with van der Waals surface area (Å²) >= 11 is 1.29. The van der Waals surface area contributed by atoms with Crippen LogP contribution in [-0.4, -0.2) is 22.7 Å². The second-order valence-corrected chi connectivity index (χ2v) is 6.31. The van der Waals surface area contributed by atoms with E-state index >= 15 is 0 Å². The van der Waals surface area contributed by atoms with E-state index in [0.29, 0.717) is 23.5 Å². The Hall–Kier alpha value is -2.99. The lowest BCUT2D eigenvalue weighted by molar-refractivity contribution is 0.0956. The number of nitrogens with zero attached hydrogens (tertiary/aromatic N) is 1. The fourth-order valence-electron chi connectivity index (χ4n) is 2.40. The Kier molecular flexibility index (Phi) is 4.90. The van der Waals surface area contributed by atoms with Crippen molar-refractivity contribution in [2.24, 2.45) is 0 Å². The van der Waals surface area contributed by atoms with Crippen molar-refractivity contribution in [1.29, 1.82) is 0 Å². The van der Waals surface area contributed by atoms with Gasteiger partial charge < -0.3 is 10.6 Å². The van der Waals surface area contributed by atoms with Gasteiger partial charge in [0.25, 0.3) is 11.8 Å². The van der Waals surface area contributed by atoms with Gasteiger partial charge >= 0.3 is 0 Å². The molecule has 126 valence electrons. The summed E-state index contributed by atoms with van der Waals surface area (Å²) < 4.78 is 5.22. The van der Waals surface area contributed by atoms with Crippen LogP contribution in [0.25, 0.3) is 10.1 Å². The minimum Gasteiger partial charge on any atom is -0.349 e. The van der Waals surface area contributed by atoms with E-state index in [1.54, 1.807) is 24.3 Å². The number of anilines is 1. The molecule has 0 fully saturated rings. The lowest BCUT2D eigenvalue weighted by Crippen LogP contribution is -2.23. The third kappa shape index (κ3) is 3.59. The Balaban J connectivity index is 1.85. The second kappa shape index (κ2) is 7.27. The van der Waals surface area contributed by atoms with E-state index in [9.17, 15) is 9.59 Å². The first-order valence-corrected chi connectivity index (χ1v) is 8.53. The van der Waals surface area contributed by atoms with Gasteiger partial charge in [-0.2, -0.15) is 4.37 Å². The zero-order valence-electron chi connectivity index (χ0n) is 13.7. The highest BCUT2D eigenvalue weighted by Gasteiger charge is 2.16. The number of amides is 2. The van der Waals surface area contributed by atoms with Gasteiger partial charge in [0.05, 0.1) is 4.70 Å². The van der Waals surface area contributed by atoms with Crippen molar-refractivity contribution in [2.75, 3.05) is 11.9 Å². The van der Waals surface area contributed by atoms with Gasteiger partial charge in [-0.3, -0.25) is 9.59 Å². The highest BCUT2D eigenvalue weighted by Crippen LogP contribution is 2.24. The van der Waals surface area contributed by atoms with Crippen LogP contribution in [-0.2, 0) is 0 Å². The SMILES string of the molecule is C=CCNC(=O)c1ccc(C)c(NC(=O)c2nsc3ccccc23)c1. The molecule has 2 N–H and O–H groups in total. The Morgan fingerprint density at radius 1 is 1.20 bits per heavy atom. The quantitative estimate of drug-likeness (QED) is 0.687. The molecule has 2 aromatic carbocycles. The molecular formula is C19H17N3O2S. The topological polar surface area (TPSA) is 71.1 Å². The zero-order valence-corrected chi connectivity index (χ0v) is 14.5. The first-order valence-electron chi connectivity index (χ1n) is 7.75. The number of rotatable bonds is 5. The van der Waals surface area contributed by atoms with Crippen LogP contribution in [0.15, 0.2) is 55.1 Å². The number of aromatic nitrogens is 1. The van der Waals surface area contributed by atoms with Crippen molar-refractivity contribution in [1.82, 2.24) is 9.69 Å². The minimum absolute atomic E-state index is 0.213. The molecule has 0 unspecified atom stereocenters. The molecule has 5 nitrogen and oxygen atoms in total. The smallest absolute Gasteiger partial charge is 0.276 e. The average molecular weight is 351 g/mol. The molecule has 0 bridgehead atoms. The molecule has 0 spiro atoms. The molecule has 0 saturated carbocycles. The van der Waals surface area contributed by atoms with Crippen LogP contribution in [0.3, 0.4) is 0 Å². The van der Waals surface area contributed by atoms with E-state index in [4.69, 9.17) is 0 Å². The fraction of sp³-hybridized carbons (Fsp3) is 0.105. The Morgan fingerprint density at radius 3 is 2.80 bits per heavy atom. The average Bonchev–Trinajstić information content (AvgIpc) is 3.05. The Labute approximate surface area is 149 Å². The van der Waals surface area contributed by atoms with Gasteiger partial charge in [-0.15, -0.1) is 6.58 Å². The van der Waals surface area contributed by atoms with Gasteiger partial charge in [-0.25, -0.2) is 0 Å². The number of fused-ring (bicyclic) bond motifs is 1. The van der Waals surface area contributed by atoms with Crippen molar-refractivity contribution < 1.29 is 9.59 Å². The van der Waals surface area contributed by atoms with Gasteiger partial charge in [0.2, 0.25) is 0 Å². The molecule has 0 aliphatic rings. The van der Waals surface area contributed by atoms with Gasteiger partial charge in [-0.05, 0) is 42.2 Å². The lowest BCUT2D eigenvalue weighted by Gasteiger charge is -2.10. The van der Waals surface area contributed by atoms with Gasteiger partial charge in [0.1, 0.15) is 5.69 Å². The Bertz CT molecular complexity index is 962. The van der Waals surface area contributed by atoms with Crippen molar-refractivity contribution in [2.45, 2.75) is 6.92 Å². The summed E-state index contributed by atoms with van der Waals surface area (Å²) in [6.45, 7) is 5.84. The largest absolute Gasteiger partial charge is 0.349 e. The van der Waals surface area contributed by atoms with E-state index in [1.165, 1.54) is 11.5 Å². The summed E-state index contributed by atoms with van der Waals surface area (Å²) in [5.41, 5.74) is 2.33. The maximum absolute atomic E-state index is 12.6. The summed E-state index contributed by atoms with van der Waals surface area (Å²) in [5, 5.41) is 6.40. The molecule has 1 aromatic heterocycles. The van der Waals surface area contributed by atoms with Crippen LogP contribution in [0.1, 0.15) is 26.4 Å². The molecule has 0 aliphatic heterocycles. The van der Waals surface area contributed by atoms with E-state index in [0.717, 1.165) is 15.6 Å². The number of hydrogen-bond donors (Lipinski definition) is 2. The monoisotopic (exact) mass is 351 g/mol. The van der Waals surface area contributed by atoms with Crippen LogP contribution in [0.5, 0.6) is 0 Å². The van der Waals surface area contributed by atoms with Gasteiger partial charge in [0, 0.05) is 23.2 Å². The fourth-order valence-corrected chi connectivity index (χ4v) is 3.17. The number of aryl methyl sites for hydroxylation is 1. The molecule has 25 heavy (non-hydrogen) atoms. The van der Waals surface area contributed by atoms with Gasteiger partial charge in [-0.1, -0.05) is 30.3 Å². The van der Waals surface area contributed by atoms with Crippen molar-refractivity contribution in [3.63, 3.8) is 0 Å². The molecule has 6 heteroatoms. The Morgan fingerprint density at radius 2 is 2.00 bits per heavy atom. The van der Waals surface area contributed by atoms with Crippen LogP contribution in [0.4, 0.5) is 5.69 Å².